The van der Waals surface area contributed by atoms with Crippen LogP contribution in [0.15, 0.2) is 11.1 Å². The molecule has 0 aliphatic rings. The smallest absolute Gasteiger partial charge is 0.0115 e. The molecule has 2 N–H and O–H groups in total. The maximum absolute atomic E-state index is 5.02. The molecule has 0 aromatic carbocycles. The molecule has 0 saturated heterocycles. The molecular formula is C3H6BrN. The Hall–Kier alpha value is 0.180. The molecule has 0 aromatic rings. The molecule has 0 atom stereocenters. The van der Waals surface area contributed by atoms with Gasteiger partial charge in [-0.1, -0.05) is 22.0 Å². The largest absolute Gasteiger partial charge is 0.327 e. The van der Waals surface area contributed by atoms with Gasteiger partial charge in [-0.25, -0.2) is 0 Å². The van der Waals surface area contributed by atoms with Crippen molar-refractivity contribution < 1.29 is 0 Å². The molecule has 0 amide bonds. The van der Waals surface area contributed by atoms with Crippen LogP contribution in [0.25, 0.3) is 0 Å². The Kier molecular flexibility index (Phi) is 4.33. The Morgan fingerprint density at radius 1 is 1.80 bits per heavy atom. The van der Waals surface area contributed by atoms with Crippen molar-refractivity contribution in [3.8, 4) is 0 Å². The van der Waals surface area contributed by atoms with Gasteiger partial charge in [0, 0.05) is 6.54 Å². The first kappa shape index (κ1) is 5.18. The highest BCUT2D eigenvalue weighted by Gasteiger charge is 1.52. The predicted octanol–water partition coefficient (Wildman–Crippen LogP) is 0.854. The average Bonchev–Trinajstić information content (AvgIpc) is 1.41. The second kappa shape index (κ2) is 4.18. The Bertz CT molecular complexity index is 33.9. The summed E-state index contributed by atoms with van der Waals surface area (Å²) in [4.78, 5) is 1.74. The van der Waals surface area contributed by atoms with Crippen LogP contribution < -0.4 is 5.73 Å². The molecule has 5 heavy (non-hydrogen) atoms. The van der Waals surface area contributed by atoms with Gasteiger partial charge >= 0.3 is 0 Å². The Labute approximate surface area is 40.0 Å². The second-order valence-corrected chi connectivity index (χ2v) is 1.13. The van der Waals surface area contributed by atoms with Gasteiger partial charge < -0.3 is 5.73 Å². The summed E-state index contributed by atoms with van der Waals surface area (Å²) >= 11 is 3.05. The zero-order valence-electron chi connectivity index (χ0n) is 2.82. The fraction of sp³-hybridized carbons (Fsp3) is 0.333. The molecule has 30 valence electrons. The summed E-state index contributed by atoms with van der Waals surface area (Å²) < 4.78 is 0. The van der Waals surface area contributed by atoms with Crippen molar-refractivity contribution in [3.63, 3.8) is 0 Å². The number of halogens is 1. The monoisotopic (exact) mass is 135 g/mol. The van der Waals surface area contributed by atoms with Gasteiger partial charge in [-0.15, -0.1) is 0 Å². The van der Waals surface area contributed by atoms with Crippen LogP contribution in [-0.4, -0.2) is 6.54 Å². The molecule has 0 unspecified atom stereocenters. The average molecular weight is 136 g/mol. The summed E-state index contributed by atoms with van der Waals surface area (Å²) in [5, 5.41) is 0. The molecule has 0 rings (SSSR count). The Balaban J connectivity index is 2.62. The molecule has 1 nitrogen and oxygen atoms in total. The Morgan fingerprint density at radius 3 is 2.40 bits per heavy atom. The van der Waals surface area contributed by atoms with E-state index in [9.17, 15) is 0 Å². The summed E-state index contributed by atoms with van der Waals surface area (Å²) in [5.74, 6) is 0. The minimum atomic E-state index is 0.616. The van der Waals surface area contributed by atoms with E-state index in [0.29, 0.717) is 6.54 Å². The van der Waals surface area contributed by atoms with Crippen molar-refractivity contribution in [2.24, 2.45) is 5.73 Å². The van der Waals surface area contributed by atoms with Crippen LogP contribution in [0, 0.1) is 0 Å². The van der Waals surface area contributed by atoms with E-state index < -0.39 is 0 Å². The van der Waals surface area contributed by atoms with Crippen LogP contribution in [0.1, 0.15) is 0 Å². The van der Waals surface area contributed by atoms with Gasteiger partial charge in [0.25, 0.3) is 0 Å². The minimum Gasteiger partial charge on any atom is -0.327 e. The first-order chi connectivity index (χ1) is 2.41. The van der Waals surface area contributed by atoms with Crippen molar-refractivity contribution in [3.05, 3.63) is 11.1 Å². The lowest BCUT2D eigenvalue weighted by Crippen LogP contribution is -1.90. The van der Waals surface area contributed by atoms with Gasteiger partial charge in [-0.05, 0) is 4.99 Å². The predicted molar refractivity (Wildman–Crippen MR) is 27.1 cm³/mol. The molecule has 0 aliphatic heterocycles. The van der Waals surface area contributed by atoms with Crippen molar-refractivity contribution in [2.45, 2.75) is 0 Å². The van der Waals surface area contributed by atoms with E-state index in [1.165, 1.54) is 0 Å². The molecule has 0 aliphatic carbocycles. The highest BCUT2D eigenvalue weighted by molar-refractivity contribution is 9.11. The fourth-order valence-electron chi connectivity index (χ4n) is 0.0514. The van der Waals surface area contributed by atoms with Crippen LogP contribution in [0.3, 0.4) is 0 Å². The normalized spacial score (nSPS) is 10.0. The van der Waals surface area contributed by atoms with E-state index >= 15 is 0 Å². The highest BCUT2D eigenvalue weighted by Crippen LogP contribution is 1.76. The molecule has 0 saturated carbocycles. The highest BCUT2D eigenvalue weighted by atomic mass is 79.9. The van der Waals surface area contributed by atoms with E-state index in [1.54, 1.807) is 4.99 Å². The first-order valence-electron chi connectivity index (χ1n) is 1.37. The van der Waals surface area contributed by atoms with E-state index in [1.807, 2.05) is 6.08 Å². The van der Waals surface area contributed by atoms with Crippen molar-refractivity contribution in [2.75, 3.05) is 6.54 Å². The molecule has 0 fully saturated rings. The third-order valence-corrected chi connectivity index (χ3v) is 0.599. The third-order valence-electron chi connectivity index (χ3n) is 0.225. The van der Waals surface area contributed by atoms with Gasteiger partial charge in [0.2, 0.25) is 0 Å². The van der Waals surface area contributed by atoms with Crippen molar-refractivity contribution >= 4 is 15.9 Å². The molecule has 0 aromatic heterocycles. The quantitative estimate of drug-likeness (QED) is 0.568. The lowest BCUT2D eigenvalue weighted by Gasteiger charge is -1.65. The van der Waals surface area contributed by atoms with Gasteiger partial charge in [0.05, 0.1) is 0 Å². The molecule has 0 bridgehead atoms. The second-order valence-electron chi connectivity index (χ2n) is 0.597. The maximum Gasteiger partial charge on any atom is 0.0115 e. The number of hydrogen-bond donors (Lipinski definition) is 1. The summed E-state index contributed by atoms with van der Waals surface area (Å²) in [6, 6.07) is 0. The van der Waals surface area contributed by atoms with E-state index in [2.05, 4.69) is 15.9 Å². The van der Waals surface area contributed by atoms with Crippen LogP contribution in [0.5, 0.6) is 0 Å². The third kappa shape index (κ3) is 4.18. The number of rotatable bonds is 1. The van der Waals surface area contributed by atoms with Gasteiger partial charge in [0.1, 0.15) is 0 Å². The van der Waals surface area contributed by atoms with E-state index in [-0.39, 0.29) is 0 Å². The summed E-state index contributed by atoms with van der Waals surface area (Å²) in [5.41, 5.74) is 5.02. The van der Waals surface area contributed by atoms with Crippen LogP contribution in [-0.2, 0) is 0 Å². The summed E-state index contributed by atoms with van der Waals surface area (Å²) in [6.45, 7) is 0.616. The lowest BCUT2D eigenvalue weighted by molar-refractivity contribution is 1.26. The number of nitrogens with two attached hydrogens (primary N) is 1. The number of hydrogen-bond acceptors (Lipinski definition) is 1. The molecule has 0 radical (unpaired) electrons. The van der Waals surface area contributed by atoms with Gasteiger partial charge in [-0.3, -0.25) is 0 Å². The van der Waals surface area contributed by atoms with E-state index in [0.717, 1.165) is 0 Å². The van der Waals surface area contributed by atoms with Gasteiger partial charge in [0.15, 0.2) is 0 Å². The maximum atomic E-state index is 5.02. The zero-order chi connectivity index (χ0) is 4.12. The molecular weight excluding hydrogens is 130 g/mol. The van der Waals surface area contributed by atoms with Crippen LogP contribution in [0.4, 0.5) is 0 Å². The molecule has 0 heterocycles. The standard InChI is InChI=1S/C3H6BrN/c4-2-1-3-5/h1-2H,3,5H2/b2-1-. The van der Waals surface area contributed by atoms with Crippen molar-refractivity contribution in [1.82, 2.24) is 0 Å². The van der Waals surface area contributed by atoms with E-state index in [4.69, 9.17) is 5.73 Å². The first-order valence-corrected chi connectivity index (χ1v) is 2.28. The summed E-state index contributed by atoms with van der Waals surface area (Å²) in [6.07, 6.45) is 1.82. The fourth-order valence-corrected chi connectivity index (χ4v) is 0.267. The SMILES string of the molecule is NC/C=C\Br. The topological polar surface area (TPSA) is 26.0 Å². The van der Waals surface area contributed by atoms with Crippen LogP contribution in [0.2, 0.25) is 0 Å². The zero-order valence-corrected chi connectivity index (χ0v) is 4.40. The van der Waals surface area contributed by atoms with Gasteiger partial charge in [-0.2, -0.15) is 0 Å². The molecule has 0 spiro atoms. The Morgan fingerprint density at radius 2 is 2.40 bits per heavy atom. The lowest BCUT2D eigenvalue weighted by atomic mass is 10.7. The molecule has 2 heteroatoms. The summed E-state index contributed by atoms with van der Waals surface area (Å²) in [7, 11) is 0. The van der Waals surface area contributed by atoms with Crippen LogP contribution >= 0.6 is 15.9 Å². The minimum absolute atomic E-state index is 0.616. The van der Waals surface area contributed by atoms with Crippen molar-refractivity contribution in [1.29, 1.82) is 0 Å².